The van der Waals surface area contributed by atoms with Crippen LogP contribution in [0.4, 0.5) is 0 Å². The minimum atomic E-state index is 0.467. The maximum absolute atomic E-state index is 5.47. The molecule has 74 valence electrons. The molecule has 14 heavy (non-hydrogen) atoms. The van der Waals surface area contributed by atoms with Crippen LogP contribution in [0.3, 0.4) is 0 Å². The van der Waals surface area contributed by atoms with Gasteiger partial charge in [0.15, 0.2) is 5.17 Å². The third-order valence-electron chi connectivity index (χ3n) is 1.75. The van der Waals surface area contributed by atoms with Gasteiger partial charge in [-0.1, -0.05) is 36.0 Å². The second-order valence-electron chi connectivity index (χ2n) is 2.74. The molecule has 0 aliphatic rings. The lowest BCUT2D eigenvalue weighted by molar-refractivity contribution is 1.25. The Hall–Kier alpha value is -1.29. The predicted octanol–water partition coefficient (Wildman–Crippen LogP) is 2.01. The van der Waals surface area contributed by atoms with Crippen LogP contribution < -0.4 is 5.73 Å². The molecule has 0 atom stereocenters. The standard InChI is InChI=1S/C10H13N3S/c1-8-5-3-4-6-9(8)7-12-13-10(11)14-2/h3-7H,1-2H3,(H2,11,13)/b12-7-. The van der Waals surface area contributed by atoms with E-state index in [0.717, 1.165) is 5.56 Å². The first-order valence-electron chi connectivity index (χ1n) is 4.20. The molecule has 1 aromatic carbocycles. The van der Waals surface area contributed by atoms with Crippen molar-refractivity contribution in [3.05, 3.63) is 35.4 Å². The van der Waals surface area contributed by atoms with E-state index in [1.54, 1.807) is 6.21 Å². The van der Waals surface area contributed by atoms with E-state index in [0.29, 0.717) is 5.17 Å². The number of nitrogens with zero attached hydrogens (tertiary/aromatic N) is 2. The molecule has 0 bridgehead atoms. The van der Waals surface area contributed by atoms with Gasteiger partial charge in [-0.3, -0.25) is 0 Å². The third-order valence-corrected chi connectivity index (χ3v) is 2.25. The van der Waals surface area contributed by atoms with Gasteiger partial charge in [-0.05, 0) is 24.3 Å². The SMILES string of the molecule is CS/C(N)=N/N=C\c1ccccc1C. The van der Waals surface area contributed by atoms with Crippen LogP contribution in [0, 0.1) is 6.92 Å². The molecule has 1 aromatic rings. The maximum atomic E-state index is 5.47. The fraction of sp³-hybridized carbons (Fsp3) is 0.200. The number of hydrogen-bond acceptors (Lipinski definition) is 3. The Bertz CT molecular complexity index is 358. The van der Waals surface area contributed by atoms with Gasteiger partial charge in [-0.2, -0.15) is 5.10 Å². The second-order valence-corrected chi connectivity index (χ2v) is 3.57. The molecule has 0 heterocycles. The Morgan fingerprint density at radius 1 is 1.43 bits per heavy atom. The van der Waals surface area contributed by atoms with Gasteiger partial charge in [0.05, 0.1) is 6.21 Å². The van der Waals surface area contributed by atoms with Crippen LogP contribution in [0.15, 0.2) is 34.5 Å². The van der Waals surface area contributed by atoms with E-state index in [-0.39, 0.29) is 0 Å². The molecule has 0 aliphatic heterocycles. The van der Waals surface area contributed by atoms with Crippen LogP contribution in [0.5, 0.6) is 0 Å². The normalized spacial score (nSPS) is 12.3. The summed E-state index contributed by atoms with van der Waals surface area (Å²) in [5.41, 5.74) is 7.71. The molecule has 0 spiro atoms. The van der Waals surface area contributed by atoms with Crippen molar-refractivity contribution in [3.63, 3.8) is 0 Å². The highest BCUT2D eigenvalue weighted by molar-refractivity contribution is 8.13. The van der Waals surface area contributed by atoms with Crippen LogP contribution in [0.25, 0.3) is 0 Å². The summed E-state index contributed by atoms with van der Waals surface area (Å²) in [6, 6.07) is 7.98. The molecule has 0 saturated heterocycles. The van der Waals surface area contributed by atoms with Crippen LogP contribution in [0.2, 0.25) is 0 Å². The number of aryl methyl sites for hydroxylation is 1. The molecule has 0 saturated carbocycles. The first kappa shape index (κ1) is 10.8. The zero-order valence-electron chi connectivity index (χ0n) is 8.27. The summed E-state index contributed by atoms with van der Waals surface area (Å²) in [6.07, 6.45) is 3.57. The van der Waals surface area contributed by atoms with Gasteiger partial charge in [0, 0.05) is 0 Å². The molecule has 0 fully saturated rings. The summed E-state index contributed by atoms with van der Waals surface area (Å²) in [5.74, 6) is 0. The maximum Gasteiger partial charge on any atom is 0.180 e. The monoisotopic (exact) mass is 207 g/mol. The van der Waals surface area contributed by atoms with E-state index in [1.807, 2.05) is 37.4 Å². The second kappa shape index (κ2) is 5.44. The summed E-state index contributed by atoms with van der Waals surface area (Å²) in [7, 11) is 0. The quantitative estimate of drug-likeness (QED) is 0.458. The topological polar surface area (TPSA) is 50.7 Å². The molecule has 0 amide bonds. The van der Waals surface area contributed by atoms with Crippen molar-refractivity contribution in [1.29, 1.82) is 0 Å². The van der Waals surface area contributed by atoms with E-state index in [9.17, 15) is 0 Å². The Balaban J connectivity index is 2.74. The average molecular weight is 207 g/mol. The largest absolute Gasteiger partial charge is 0.377 e. The zero-order valence-corrected chi connectivity index (χ0v) is 9.08. The first-order chi connectivity index (χ1) is 6.74. The molecule has 0 radical (unpaired) electrons. The summed E-state index contributed by atoms with van der Waals surface area (Å²) in [6.45, 7) is 2.03. The van der Waals surface area contributed by atoms with Gasteiger partial charge >= 0.3 is 0 Å². The molecular weight excluding hydrogens is 194 g/mol. The van der Waals surface area contributed by atoms with Crippen molar-refractivity contribution in [2.45, 2.75) is 6.92 Å². The van der Waals surface area contributed by atoms with Crippen molar-refractivity contribution in [2.24, 2.45) is 15.9 Å². The number of benzene rings is 1. The molecule has 0 unspecified atom stereocenters. The molecule has 2 N–H and O–H groups in total. The summed E-state index contributed by atoms with van der Waals surface area (Å²) in [5, 5.41) is 8.16. The van der Waals surface area contributed by atoms with Crippen molar-refractivity contribution >= 4 is 23.1 Å². The number of nitrogens with two attached hydrogens (primary N) is 1. The van der Waals surface area contributed by atoms with Crippen LogP contribution in [-0.4, -0.2) is 17.6 Å². The van der Waals surface area contributed by atoms with Gasteiger partial charge in [-0.25, -0.2) is 0 Å². The highest BCUT2D eigenvalue weighted by Crippen LogP contribution is 2.03. The lowest BCUT2D eigenvalue weighted by Crippen LogP contribution is -2.03. The van der Waals surface area contributed by atoms with Crippen LogP contribution in [0.1, 0.15) is 11.1 Å². The van der Waals surface area contributed by atoms with Gasteiger partial charge in [0.2, 0.25) is 0 Å². The Morgan fingerprint density at radius 2 is 2.14 bits per heavy atom. The van der Waals surface area contributed by atoms with E-state index >= 15 is 0 Å². The Morgan fingerprint density at radius 3 is 2.79 bits per heavy atom. The lowest BCUT2D eigenvalue weighted by Gasteiger charge is -1.96. The first-order valence-corrected chi connectivity index (χ1v) is 5.42. The fourth-order valence-corrected chi connectivity index (χ4v) is 1.05. The van der Waals surface area contributed by atoms with E-state index < -0.39 is 0 Å². The van der Waals surface area contributed by atoms with E-state index in [1.165, 1.54) is 17.3 Å². The van der Waals surface area contributed by atoms with Gasteiger partial charge in [0.1, 0.15) is 0 Å². The van der Waals surface area contributed by atoms with Gasteiger partial charge in [-0.15, -0.1) is 5.10 Å². The van der Waals surface area contributed by atoms with Crippen LogP contribution in [-0.2, 0) is 0 Å². The van der Waals surface area contributed by atoms with Crippen molar-refractivity contribution in [2.75, 3.05) is 6.26 Å². The molecule has 0 aromatic heterocycles. The zero-order chi connectivity index (χ0) is 10.4. The molecule has 1 rings (SSSR count). The van der Waals surface area contributed by atoms with Crippen molar-refractivity contribution in [3.8, 4) is 0 Å². The lowest BCUT2D eigenvalue weighted by atomic mass is 10.1. The fourth-order valence-electron chi connectivity index (χ4n) is 0.920. The Labute approximate surface area is 88.1 Å². The van der Waals surface area contributed by atoms with Crippen molar-refractivity contribution < 1.29 is 0 Å². The third kappa shape index (κ3) is 3.22. The number of amidine groups is 1. The summed E-state index contributed by atoms with van der Waals surface area (Å²) >= 11 is 1.38. The number of thioether (sulfide) groups is 1. The average Bonchev–Trinajstić information content (AvgIpc) is 2.20. The summed E-state index contributed by atoms with van der Waals surface area (Å²) in [4.78, 5) is 0. The summed E-state index contributed by atoms with van der Waals surface area (Å²) < 4.78 is 0. The highest BCUT2D eigenvalue weighted by atomic mass is 32.2. The molecule has 0 aliphatic carbocycles. The molecule has 4 heteroatoms. The number of hydrogen-bond donors (Lipinski definition) is 1. The minimum absolute atomic E-state index is 0.467. The minimum Gasteiger partial charge on any atom is -0.377 e. The van der Waals surface area contributed by atoms with Crippen LogP contribution >= 0.6 is 11.8 Å². The smallest absolute Gasteiger partial charge is 0.180 e. The van der Waals surface area contributed by atoms with Gasteiger partial charge < -0.3 is 5.73 Å². The van der Waals surface area contributed by atoms with Crippen molar-refractivity contribution in [1.82, 2.24) is 0 Å². The highest BCUT2D eigenvalue weighted by Gasteiger charge is 1.91. The van der Waals surface area contributed by atoms with E-state index in [4.69, 9.17) is 5.73 Å². The van der Waals surface area contributed by atoms with Gasteiger partial charge in [0.25, 0.3) is 0 Å². The molecule has 3 nitrogen and oxygen atoms in total. The number of rotatable bonds is 2. The molecular formula is C10H13N3S. The Kier molecular flexibility index (Phi) is 4.19. The van der Waals surface area contributed by atoms with E-state index in [2.05, 4.69) is 10.2 Å². The predicted molar refractivity (Wildman–Crippen MR) is 63.9 cm³/mol.